The van der Waals surface area contributed by atoms with Crippen LogP contribution < -0.4 is 5.32 Å². The standard InChI is InChI=1S/C17H24N6O/c1-13-14-5-2-3-6-15(14)22-16(21-13)8-9-19-17(24)7-4-10-23-12-18-11-20-23/h11-12H,2-10H2,1H3,(H,19,24). The quantitative estimate of drug-likeness (QED) is 0.830. The number of nitrogens with one attached hydrogen (secondary N) is 1. The average Bonchev–Trinajstić information content (AvgIpc) is 3.08. The summed E-state index contributed by atoms with van der Waals surface area (Å²) in [6.45, 7) is 3.36. The van der Waals surface area contributed by atoms with Crippen molar-refractivity contribution in [3.05, 3.63) is 35.4 Å². The molecule has 7 heteroatoms. The van der Waals surface area contributed by atoms with Crippen LogP contribution in [0.5, 0.6) is 0 Å². The number of carbonyl (C=O) groups is 1. The maximum atomic E-state index is 11.9. The van der Waals surface area contributed by atoms with Gasteiger partial charge in [-0.15, -0.1) is 0 Å². The lowest BCUT2D eigenvalue weighted by molar-refractivity contribution is -0.121. The third-order valence-corrected chi connectivity index (χ3v) is 4.36. The van der Waals surface area contributed by atoms with Crippen molar-refractivity contribution in [3.8, 4) is 0 Å². The first kappa shape index (κ1) is 16.5. The molecule has 0 saturated carbocycles. The van der Waals surface area contributed by atoms with Gasteiger partial charge in [0.2, 0.25) is 5.91 Å². The van der Waals surface area contributed by atoms with E-state index in [1.165, 1.54) is 30.4 Å². The van der Waals surface area contributed by atoms with Gasteiger partial charge in [-0.3, -0.25) is 9.48 Å². The molecule has 1 aliphatic rings. The molecule has 0 unspecified atom stereocenters. The fourth-order valence-corrected chi connectivity index (χ4v) is 3.11. The molecule has 128 valence electrons. The second kappa shape index (κ2) is 7.99. The van der Waals surface area contributed by atoms with Gasteiger partial charge in [0, 0.05) is 37.3 Å². The van der Waals surface area contributed by atoms with Gasteiger partial charge in [0.1, 0.15) is 18.5 Å². The number of hydrogen-bond donors (Lipinski definition) is 1. The molecule has 1 amide bonds. The van der Waals surface area contributed by atoms with Crippen molar-refractivity contribution in [2.24, 2.45) is 0 Å². The topological polar surface area (TPSA) is 85.6 Å². The predicted molar refractivity (Wildman–Crippen MR) is 89.4 cm³/mol. The highest BCUT2D eigenvalue weighted by molar-refractivity contribution is 5.75. The highest BCUT2D eigenvalue weighted by Crippen LogP contribution is 2.21. The van der Waals surface area contributed by atoms with E-state index in [2.05, 4.69) is 32.3 Å². The zero-order chi connectivity index (χ0) is 16.8. The largest absolute Gasteiger partial charge is 0.356 e. The number of aromatic nitrogens is 5. The van der Waals surface area contributed by atoms with Crippen molar-refractivity contribution in [3.63, 3.8) is 0 Å². The lowest BCUT2D eigenvalue weighted by Gasteiger charge is -2.17. The number of fused-ring (bicyclic) bond motifs is 1. The van der Waals surface area contributed by atoms with Gasteiger partial charge < -0.3 is 5.32 Å². The summed E-state index contributed by atoms with van der Waals surface area (Å²) in [6, 6.07) is 0. The summed E-state index contributed by atoms with van der Waals surface area (Å²) in [5.74, 6) is 0.904. The van der Waals surface area contributed by atoms with Crippen molar-refractivity contribution < 1.29 is 4.79 Å². The molecule has 0 aromatic carbocycles. The van der Waals surface area contributed by atoms with Crippen molar-refractivity contribution in [2.75, 3.05) is 6.54 Å². The molecule has 0 spiro atoms. The van der Waals surface area contributed by atoms with Gasteiger partial charge >= 0.3 is 0 Å². The van der Waals surface area contributed by atoms with Crippen LogP contribution in [0.4, 0.5) is 0 Å². The van der Waals surface area contributed by atoms with E-state index >= 15 is 0 Å². The first-order valence-electron chi connectivity index (χ1n) is 8.67. The number of hydrogen-bond acceptors (Lipinski definition) is 5. The maximum Gasteiger partial charge on any atom is 0.220 e. The van der Waals surface area contributed by atoms with Gasteiger partial charge in [-0.25, -0.2) is 15.0 Å². The van der Waals surface area contributed by atoms with Crippen molar-refractivity contribution in [2.45, 2.75) is 58.4 Å². The van der Waals surface area contributed by atoms with Gasteiger partial charge in [0.25, 0.3) is 0 Å². The number of carbonyl (C=O) groups excluding carboxylic acids is 1. The molecule has 1 N–H and O–H groups in total. The van der Waals surface area contributed by atoms with Gasteiger partial charge in [0.15, 0.2) is 0 Å². The molecule has 3 rings (SSSR count). The zero-order valence-electron chi connectivity index (χ0n) is 14.2. The van der Waals surface area contributed by atoms with E-state index in [0.29, 0.717) is 25.9 Å². The van der Waals surface area contributed by atoms with Crippen LogP contribution >= 0.6 is 0 Å². The van der Waals surface area contributed by atoms with Crippen molar-refractivity contribution >= 4 is 5.91 Å². The summed E-state index contributed by atoms with van der Waals surface area (Å²) in [4.78, 5) is 25.0. The summed E-state index contributed by atoms with van der Waals surface area (Å²) in [6.07, 6.45) is 9.70. The normalized spacial score (nSPS) is 13.5. The van der Waals surface area contributed by atoms with Gasteiger partial charge in [0.05, 0.1) is 0 Å². The minimum atomic E-state index is 0.0600. The molecule has 0 atom stereocenters. The van der Waals surface area contributed by atoms with Gasteiger partial charge in [-0.2, -0.15) is 5.10 Å². The third kappa shape index (κ3) is 4.37. The minimum absolute atomic E-state index is 0.0600. The minimum Gasteiger partial charge on any atom is -0.356 e. The fraction of sp³-hybridized carbons (Fsp3) is 0.588. The molecule has 0 aliphatic heterocycles. The summed E-state index contributed by atoms with van der Waals surface area (Å²) in [7, 11) is 0. The number of nitrogens with zero attached hydrogens (tertiary/aromatic N) is 5. The maximum absolute atomic E-state index is 11.9. The Morgan fingerprint density at radius 3 is 3.00 bits per heavy atom. The summed E-state index contributed by atoms with van der Waals surface area (Å²) in [5, 5.41) is 6.96. The molecule has 0 bridgehead atoms. The highest BCUT2D eigenvalue weighted by Gasteiger charge is 2.15. The third-order valence-electron chi connectivity index (χ3n) is 4.36. The zero-order valence-corrected chi connectivity index (χ0v) is 14.2. The van der Waals surface area contributed by atoms with Crippen LogP contribution in [0.25, 0.3) is 0 Å². The second-order valence-electron chi connectivity index (χ2n) is 6.22. The van der Waals surface area contributed by atoms with E-state index in [-0.39, 0.29) is 5.91 Å². The van der Waals surface area contributed by atoms with E-state index in [4.69, 9.17) is 0 Å². The SMILES string of the molecule is Cc1nc(CCNC(=O)CCCn2cncn2)nc2c1CCCC2. The Morgan fingerprint density at radius 2 is 2.17 bits per heavy atom. The van der Waals surface area contributed by atoms with Gasteiger partial charge in [-0.1, -0.05) is 0 Å². The van der Waals surface area contributed by atoms with Crippen LogP contribution in [0.2, 0.25) is 0 Å². The van der Waals surface area contributed by atoms with Crippen LogP contribution in [0.1, 0.15) is 48.5 Å². The molecular weight excluding hydrogens is 304 g/mol. The van der Waals surface area contributed by atoms with E-state index in [1.807, 2.05) is 0 Å². The first-order chi connectivity index (χ1) is 11.7. The highest BCUT2D eigenvalue weighted by atomic mass is 16.1. The average molecular weight is 328 g/mol. The van der Waals surface area contributed by atoms with Crippen LogP contribution in [0, 0.1) is 6.92 Å². The van der Waals surface area contributed by atoms with Crippen LogP contribution in [0.3, 0.4) is 0 Å². The summed E-state index contributed by atoms with van der Waals surface area (Å²) in [5.41, 5.74) is 3.65. The van der Waals surface area contributed by atoms with Crippen LogP contribution in [0.15, 0.2) is 12.7 Å². The second-order valence-corrected chi connectivity index (χ2v) is 6.22. The number of rotatable bonds is 7. The Labute approximate surface area is 141 Å². The van der Waals surface area contributed by atoms with Crippen LogP contribution in [-0.4, -0.2) is 37.2 Å². The molecule has 2 aromatic rings. The van der Waals surface area contributed by atoms with Crippen molar-refractivity contribution in [1.82, 2.24) is 30.0 Å². The Hall–Kier alpha value is -2.31. The Morgan fingerprint density at radius 1 is 1.29 bits per heavy atom. The fourth-order valence-electron chi connectivity index (χ4n) is 3.11. The van der Waals surface area contributed by atoms with Crippen molar-refractivity contribution in [1.29, 1.82) is 0 Å². The van der Waals surface area contributed by atoms with Crippen LogP contribution in [-0.2, 0) is 30.6 Å². The summed E-state index contributed by atoms with van der Waals surface area (Å²) < 4.78 is 1.73. The lowest BCUT2D eigenvalue weighted by atomic mass is 9.95. The molecular formula is C17H24N6O. The molecule has 0 saturated heterocycles. The van der Waals surface area contributed by atoms with E-state index < -0.39 is 0 Å². The predicted octanol–water partition coefficient (Wildman–Crippen LogP) is 1.39. The summed E-state index contributed by atoms with van der Waals surface area (Å²) >= 11 is 0. The van der Waals surface area contributed by atoms with E-state index in [9.17, 15) is 4.79 Å². The monoisotopic (exact) mass is 328 g/mol. The molecule has 2 aromatic heterocycles. The Bertz CT molecular complexity index is 683. The molecule has 7 nitrogen and oxygen atoms in total. The number of amides is 1. The molecule has 2 heterocycles. The Balaban J connectivity index is 1.41. The molecule has 24 heavy (non-hydrogen) atoms. The molecule has 0 radical (unpaired) electrons. The molecule has 0 fully saturated rings. The van der Waals surface area contributed by atoms with E-state index in [1.54, 1.807) is 11.0 Å². The van der Waals surface area contributed by atoms with Gasteiger partial charge in [-0.05, 0) is 44.6 Å². The molecule has 1 aliphatic carbocycles. The van der Waals surface area contributed by atoms with E-state index in [0.717, 1.165) is 30.8 Å². The number of aryl methyl sites for hydroxylation is 3. The lowest BCUT2D eigenvalue weighted by Crippen LogP contribution is -2.26. The Kier molecular flexibility index (Phi) is 5.51. The smallest absolute Gasteiger partial charge is 0.220 e. The first-order valence-corrected chi connectivity index (χ1v) is 8.67.